The number of nitrogens with two attached hydrogens (primary N) is 1. The van der Waals surface area contributed by atoms with E-state index in [0.29, 0.717) is 12.8 Å². The first-order valence-corrected chi connectivity index (χ1v) is 8.42. The summed E-state index contributed by atoms with van der Waals surface area (Å²) in [6.07, 6.45) is 2.22. The fraction of sp³-hybridized carbons (Fsp3) is 0.600. The monoisotopic (exact) mass is 322 g/mol. The average Bonchev–Trinajstić information content (AvgIpc) is 2.83. The highest BCUT2D eigenvalue weighted by Crippen LogP contribution is 2.36. The first-order valence-electron chi connectivity index (χ1n) is 6.12. The maximum atomic E-state index is 12.2. The quantitative estimate of drug-likeness (QED) is 0.380. The van der Waals surface area contributed by atoms with Crippen molar-refractivity contribution >= 4 is 32.0 Å². The fourth-order valence-electron chi connectivity index (χ4n) is 1.70. The number of nitrogens with zero attached hydrogens (tertiary/aromatic N) is 1. The first-order chi connectivity index (χ1) is 9.35. The highest BCUT2D eigenvalue weighted by molar-refractivity contribution is 7.91. The van der Waals surface area contributed by atoms with Crippen molar-refractivity contribution in [2.45, 2.75) is 43.4 Å². The topological polar surface area (TPSA) is 127 Å². The Bertz CT molecular complexity index is 570. The summed E-state index contributed by atoms with van der Waals surface area (Å²) in [4.78, 5) is 10.1. The van der Waals surface area contributed by atoms with E-state index in [0.717, 1.165) is 23.8 Å². The molecule has 1 aromatic rings. The lowest BCUT2D eigenvalue weighted by Gasteiger charge is -2.15. The van der Waals surface area contributed by atoms with Gasteiger partial charge in [-0.2, -0.15) is 0 Å². The summed E-state index contributed by atoms with van der Waals surface area (Å²) in [6, 6.07) is 0.835. The van der Waals surface area contributed by atoms with Crippen LogP contribution in [0.5, 0.6) is 0 Å². The van der Waals surface area contributed by atoms with Crippen molar-refractivity contribution in [1.82, 2.24) is 4.72 Å². The second kappa shape index (κ2) is 6.97. The molecule has 114 valence electrons. The minimum atomic E-state index is -3.77. The molecule has 0 aliphatic heterocycles. The predicted molar refractivity (Wildman–Crippen MR) is 78.1 cm³/mol. The number of rotatable bonds is 8. The van der Waals surface area contributed by atoms with E-state index in [4.69, 9.17) is 5.84 Å². The average molecular weight is 322 g/mol. The zero-order valence-electron chi connectivity index (χ0n) is 11.3. The van der Waals surface area contributed by atoms with E-state index in [1.54, 1.807) is 0 Å². The summed E-state index contributed by atoms with van der Waals surface area (Å²) < 4.78 is 26.8. The maximum Gasteiger partial charge on any atom is 0.306 e. The standard InChI is InChI=1S/C10H18N4O4S2/c1-3-5-7(4-2)13-20(17,18)9-6-8(14(15)16)10(12-11)19-9/h6-7,12-13H,3-5,11H2,1-2H3. The molecule has 1 atom stereocenters. The van der Waals surface area contributed by atoms with Crippen LogP contribution in [0.1, 0.15) is 33.1 Å². The van der Waals surface area contributed by atoms with Crippen molar-refractivity contribution < 1.29 is 13.3 Å². The van der Waals surface area contributed by atoms with E-state index >= 15 is 0 Å². The Kier molecular flexibility index (Phi) is 5.87. The Hall–Kier alpha value is -1.23. The van der Waals surface area contributed by atoms with Crippen LogP contribution in [0.2, 0.25) is 0 Å². The summed E-state index contributed by atoms with van der Waals surface area (Å²) in [5, 5.41) is 10.8. The molecular formula is C10H18N4O4S2. The van der Waals surface area contributed by atoms with Crippen LogP contribution >= 0.6 is 11.3 Å². The molecule has 0 aliphatic rings. The lowest BCUT2D eigenvalue weighted by atomic mass is 10.1. The summed E-state index contributed by atoms with van der Waals surface area (Å²) in [5.74, 6) is 5.16. The number of hydrogen-bond donors (Lipinski definition) is 3. The van der Waals surface area contributed by atoms with Crippen LogP contribution in [-0.4, -0.2) is 19.4 Å². The molecule has 1 aromatic heterocycles. The second-order valence-electron chi connectivity index (χ2n) is 4.20. The normalized spacial score (nSPS) is 13.2. The molecule has 10 heteroatoms. The highest BCUT2D eigenvalue weighted by atomic mass is 32.2. The number of hydrogen-bond acceptors (Lipinski definition) is 7. The fourth-order valence-corrected chi connectivity index (χ4v) is 4.31. The van der Waals surface area contributed by atoms with Crippen LogP contribution in [0.15, 0.2) is 10.3 Å². The third kappa shape index (κ3) is 3.88. The molecule has 0 saturated carbocycles. The zero-order chi connectivity index (χ0) is 15.3. The number of anilines is 1. The Labute approximate surface area is 121 Å². The van der Waals surface area contributed by atoms with Gasteiger partial charge in [0.25, 0.3) is 10.0 Å². The number of nitrogen functional groups attached to an aromatic ring is 1. The van der Waals surface area contributed by atoms with E-state index in [9.17, 15) is 18.5 Å². The number of sulfonamides is 1. The smallest absolute Gasteiger partial charge is 0.306 e. The maximum absolute atomic E-state index is 12.2. The van der Waals surface area contributed by atoms with Gasteiger partial charge in [-0.3, -0.25) is 10.1 Å². The molecule has 4 N–H and O–H groups in total. The van der Waals surface area contributed by atoms with Gasteiger partial charge in [0.2, 0.25) is 0 Å². The van der Waals surface area contributed by atoms with Gasteiger partial charge in [-0.25, -0.2) is 19.0 Å². The molecule has 1 unspecified atom stereocenters. The molecule has 0 aliphatic carbocycles. The minimum Gasteiger partial charge on any atom is -0.310 e. The van der Waals surface area contributed by atoms with Crippen molar-refractivity contribution in [2.24, 2.45) is 5.84 Å². The zero-order valence-corrected chi connectivity index (χ0v) is 12.9. The van der Waals surface area contributed by atoms with Gasteiger partial charge in [0.15, 0.2) is 5.00 Å². The van der Waals surface area contributed by atoms with E-state index in [-0.39, 0.29) is 20.9 Å². The van der Waals surface area contributed by atoms with E-state index in [2.05, 4.69) is 10.1 Å². The number of nitro groups is 1. The Morgan fingerprint density at radius 1 is 1.50 bits per heavy atom. The van der Waals surface area contributed by atoms with Gasteiger partial charge in [-0.1, -0.05) is 31.6 Å². The third-order valence-electron chi connectivity index (χ3n) is 2.73. The lowest BCUT2D eigenvalue weighted by molar-refractivity contribution is -0.383. The van der Waals surface area contributed by atoms with E-state index in [1.165, 1.54) is 0 Å². The molecular weight excluding hydrogens is 304 g/mol. The molecule has 0 spiro atoms. The largest absolute Gasteiger partial charge is 0.310 e. The van der Waals surface area contributed by atoms with Gasteiger partial charge in [0, 0.05) is 12.1 Å². The number of hydrazine groups is 1. The van der Waals surface area contributed by atoms with Crippen LogP contribution in [0.25, 0.3) is 0 Å². The molecule has 0 radical (unpaired) electrons. The summed E-state index contributed by atoms with van der Waals surface area (Å²) in [6.45, 7) is 3.84. The molecule has 0 aromatic carbocycles. The van der Waals surface area contributed by atoms with Crippen molar-refractivity contribution in [2.75, 3.05) is 5.43 Å². The van der Waals surface area contributed by atoms with Gasteiger partial charge in [0.05, 0.1) is 4.92 Å². The van der Waals surface area contributed by atoms with Crippen LogP contribution in [-0.2, 0) is 10.0 Å². The highest BCUT2D eigenvalue weighted by Gasteiger charge is 2.27. The van der Waals surface area contributed by atoms with Crippen LogP contribution in [0.4, 0.5) is 10.7 Å². The summed E-state index contributed by atoms with van der Waals surface area (Å²) >= 11 is 0.737. The van der Waals surface area contributed by atoms with Gasteiger partial charge in [-0.05, 0) is 12.8 Å². The van der Waals surface area contributed by atoms with Crippen molar-refractivity contribution in [3.05, 3.63) is 16.2 Å². The van der Waals surface area contributed by atoms with Crippen LogP contribution < -0.4 is 16.0 Å². The van der Waals surface area contributed by atoms with Gasteiger partial charge in [-0.15, -0.1) is 0 Å². The SMILES string of the molecule is CCCC(CC)NS(=O)(=O)c1cc([N+](=O)[O-])c(NN)s1. The van der Waals surface area contributed by atoms with Gasteiger partial charge < -0.3 is 5.43 Å². The van der Waals surface area contributed by atoms with E-state index < -0.39 is 14.9 Å². The minimum absolute atomic E-state index is 0.0129. The number of thiophene rings is 1. The molecule has 0 saturated heterocycles. The molecule has 8 nitrogen and oxygen atoms in total. The Balaban J connectivity index is 3.06. The van der Waals surface area contributed by atoms with Crippen molar-refractivity contribution in [3.8, 4) is 0 Å². The van der Waals surface area contributed by atoms with Crippen molar-refractivity contribution in [3.63, 3.8) is 0 Å². The third-order valence-corrected chi connectivity index (χ3v) is 5.78. The molecule has 0 fully saturated rings. The summed E-state index contributed by atoms with van der Waals surface area (Å²) in [5.41, 5.74) is 1.80. The predicted octanol–water partition coefficient (Wildman–Crippen LogP) is 1.80. The molecule has 0 amide bonds. The van der Waals surface area contributed by atoms with Gasteiger partial charge in [0.1, 0.15) is 4.21 Å². The second-order valence-corrected chi connectivity index (χ2v) is 7.19. The van der Waals surface area contributed by atoms with Gasteiger partial charge >= 0.3 is 5.69 Å². The molecule has 0 bridgehead atoms. The van der Waals surface area contributed by atoms with Crippen molar-refractivity contribution in [1.29, 1.82) is 0 Å². The Morgan fingerprint density at radius 3 is 2.55 bits per heavy atom. The molecule has 1 heterocycles. The van der Waals surface area contributed by atoms with Crippen LogP contribution in [0, 0.1) is 10.1 Å². The first kappa shape index (κ1) is 16.8. The summed E-state index contributed by atoms with van der Waals surface area (Å²) in [7, 11) is -3.77. The lowest BCUT2D eigenvalue weighted by Crippen LogP contribution is -2.33. The Morgan fingerprint density at radius 2 is 2.15 bits per heavy atom. The van der Waals surface area contributed by atoms with E-state index in [1.807, 2.05) is 13.8 Å². The van der Waals surface area contributed by atoms with Crippen LogP contribution in [0.3, 0.4) is 0 Å². The number of nitrogens with one attached hydrogen (secondary N) is 2. The molecule has 20 heavy (non-hydrogen) atoms. The molecule has 1 rings (SSSR count).